The maximum atomic E-state index is 10.9. The number of rotatable bonds is 5. The Morgan fingerprint density at radius 2 is 2.16 bits per heavy atom. The Morgan fingerprint density at radius 1 is 1.36 bits per heavy atom. The van der Waals surface area contributed by atoms with Crippen LogP contribution < -0.4 is 10.1 Å². The highest BCUT2D eigenvalue weighted by molar-refractivity contribution is 7.13. The van der Waals surface area contributed by atoms with Crippen LogP contribution in [-0.2, 0) is 6.54 Å². The fraction of sp³-hybridized carbons (Fsp3) is 0.632. The van der Waals surface area contributed by atoms with Crippen LogP contribution in [0.5, 0.6) is 5.75 Å². The van der Waals surface area contributed by atoms with E-state index in [1.165, 1.54) is 19.3 Å². The van der Waals surface area contributed by atoms with Crippen LogP contribution in [0, 0.1) is 11.8 Å². The molecule has 6 heteroatoms. The summed E-state index contributed by atoms with van der Waals surface area (Å²) in [4.78, 5) is 0.977. The molecule has 2 unspecified atom stereocenters. The number of thiophene rings is 1. The van der Waals surface area contributed by atoms with E-state index in [0.29, 0.717) is 18.4 Å². The van der Waals surface area contributed by atoms with Gasteiger partial charge in [-0.25, -0.2) is 0 Å². The molecule has 5 nitrogen and oxygen atoms in total. The van der Waals surface area contributed by atoms with Gasteiger partial charge in [0.25, 0.3) is 0 Å². The molecule has 6 rings (SSSR count). The molecule has 0 spiro atoms. The molecule has 4 saturated carbocycles. The van der Waals surface area contributed by atoms with Gasteiger partial charge in [-0.3, -0.25) is 0 Å². The van der Waals surface area contributed by atoms with Crippen LogP contribution in [0.25, 0.3) is 10.6 Å². The molecule has 134 valence electrons. The SMILES string of the molecule is COc1ccsc1-c1cc(CNC23CC4CC(CC(O)(C4)C2)C3)no1. The third kappa shape index (κ3) is 2.71. The molecule has 0 amide bonds. The minimum atomic E-state index is -0.434. The van der Waals surface area contributed by atoms with Crippen molar-refractivity contribution in [1.29, 1.82) is 0 Å². The topological polar surface area (TPSA) is 67.5 Å². The maximum Gasteiger partial charge on any atom is 0.180 e. The first kappa shape index (κ1) is 15.9. The summed E-state index contributed by atoms with van der Waals surface area (Å²) in [5, 5.41) is 20.8. The monoisotopic (exact) mass is 360 g/mol. The van der Waals surface area contributed by atoms with Crippen LogP contribution in [0.1, 0.15) is 44.2 Å². The molecule has 0 radical (unpaired) electrons. The van der Waals surface area contributed by atoms with E-state index in [0.717, 1.165) is 41.3 Å². The van der Waals surface area contributed by atoms with E-state index in [1.54, 1.807) is 18.4 Å². The first-order valence-corrected chi connectivity index (χ1v) is 9.99. The summed E-state index contributed by atoms with van der Waals surface area (Å²) in [6.45, 7) is 0.687. The van der Waals surface area contributed by atoms with E-state index in [4.69, 9.17) is 9.26 Å². The highest BCUT2D eigenvalue weighted by Crippen LogP contribution is 2.57. The Labute approximate surface area is 151 Å². The fourth-order valence-electron chi connectivity index (χ4n) is 5.84. The lowest BCUT2D eigenvalue weighted by Gasteiger charge is -2.60. The van der Waals surface area contributed by atoms with Crippen LogP contribution in [-0.4, -0.2) is 28.5 Å². The second kappa shape index (κ2) is 5.56. The van der Waals surface area contributed by atoms with E-state index < -0.39 is 5.60 Å². The molecule has 4 aliphatic carbocycles. The Bertz CT molecular complexity index is 769. The van der Waals surface area contributed by atoms with Gasteiger partial charge in [-0.15, -0.1) is 11.3 Å². The highest BCUT2D eigenvalue weighted by atomic mass is 32.1. The smallest absolute Gasteiger partial charge is 0.180 e. The Hall–Kier alpha value is -1.37. The van der Waals surface area contributed by atoms with Gasteiger partial charge in [-0.05, 0) is 61.8 Å². The average Bonchev–Trinajstić information content (AvgIpc) is 3.19. The molecule has 0 saturated heterocycles. The minimum Gasteiger partial charge on any atom is -0.495 e. The molecule has 2 heterocycles. The molecule has 4 bridgehead atoms. The van der Waals surface area contributed by atoms with Gasteiger partial charge >= 0.3 is 0 Å². The number of methoxy groups -OCH3 is 1. The van der Waals surface area contributed by atoms with Gasteiger partial charge in [0.2, 0.25) is 0 Å². The summed E-state index contributed by atoms with van der Waals surface area (Å²) in [6.07, 6.45) is 6.57. The van der Waals surface area contributed by atoms with Gasteiger partial charge < -0.3 is 19.7 Å². The lowest BCUT2D eigenvalue weighted by atomic mass is 9.51. The van der Waals surface area contributed by atoms with Gasteiger partial charge in [-0.1, -0.05) is 5.16 Å². The van der Waals surface area contributed by atoms with E-state index in [-0.39, 0.29) is 5.54 Å². The maximum absolute atomic E-state index is 10.9. The van der Waals surface area contributed by atoms with Crippen LogP contribution in [0.2, 0.25) is 0 Å². The third-order valence-electron chi connectivity index (χ3n) is 6.31. The zero-order valence-corrected chi connectivity index (χ0v) is 15.3. The summed E-state index contributed by atoms with van der Waals surface area (Å²) in [6, 6.07) is 3.94. The zero-order valence-electron chi connectivity index (χ0n) is 14.5. The van der Waals surface area contributed by atoms with Gasteiger partial charge in [0.05, 0.1) is 18.4 Å². The molecule has 2 aromatic rings. The third-order valence-corrected chi connectivity index (χ3v) is 7.22. The van der Waals surface area contributed by atoms with Crippen LogP contribution >= 0.6 is 11.3 Å². The van der Waals surface area contributed by atoms with Crippen LogP contribution in [0.4, 0.5) is 0 Å². The lowest BCUT2D eigenvalue weighted by molar-refractivity contribution is -0.142. The van der Waals surface area contributed by atoms with E-state index >= 15 is 0 Å². The lowest BCUT2D eigenvalue weighted by Crippen LogP contribution is -2.64. The molecule has 0 aliphatic heterocycles. The van der Waals surface area contributed by atoms with Crippen molar-refractivity contribution in [1.82, 2.24) is 10.5 Å². The van der Waals surface area contributed by atoms with Gasteiger partial charge in [-0.2, -0.15) is 0 Å². The first-order chi connectivity index (χ1) is 12.1. The van der Waals surface area contributed by atoms with Gasteiger partial charge in [0, 0.05) is 18.2 Å². The van der Waals surface area contributed by atoms with Crippen molar-refractivity contribution in [3.63, 3.8) is 0 Å². The van der Waals surface area contributed by atoms with Crippen molar-refractivity contribution in [2.45, 2.75) is 56.2 Å². The predicted octanol–water partition coefficient (Wildman–Crippen LogP) is 3.59. The Balaban J connectivity index is 1.31. The van der Waals surface area contributed by atoms with Crippen LogP contribution in [0.15, 0.2) is 22.0 Å². The van der Waals surface area contributed by atoms with E-state index in [9.17, 15) is 5.11 Å². The van der Waals surface area contributed by atoms with Crippen molar-refractivity contribution in [3.05, 3.63) is 23.2 Å². The number of nitrogens with one attached hydrogen (secondary N) is 1. The first-order valence-electron chi connectivity index (χ1n) is 9.11. The van der Waals surface area contributed by atoms with Crippen molar-refractivity contribution in [2.24, 2.45) is 11.8 Å². The average molecular weight is 360 g/mol. The van der Waals surface area contributed by atoms with Crippen molar-refractivity contribution in [2.75, 3.05) is 7.11 Å². The molecule has 0 aromatic carbocycles. The summed E-state index contributed by atoms with van der Waals surface area (Å²) in [7, 11) is 1.67. The highest BCUT2D eigenvalue weighted by Gasteiger charge is 2.56. The number of nitrogens with zero attached hydrogens (tertiary/aromatic N) is 1. The predicted molar refractivity (Wildman–Crippen MR) is 95.6 cm³/mol. The van der Waals surface area contributed by atoms with E-state index in [2.05, 4.69) is 10.5 Å². The quantitative estimate of drug-likeness (QED) is 0.853. The second-order valence-corrected chi connectivity index (χ2v) is 9.24. The van der Waals surface area contributed by atoms with Crippen LogP contribution in [0.3, 0.4) is 0 Å². The fourth-order valence-corrected chi connectivity index (χ4v) is 6.65. The van der Waals surface area contributed by atoms with E-state index in [1.807, 2.05) is 17.5 Å². The summed E-state index contributed by atoms with van der Waals surface area (Å²) >= 11 is 1.59. The van der Waals surface area contributed by atoms with Gasteiger partial charge in [0.1, 0.15) is 10.6 Å². The van der Waals surface area contributed by atoms with Crippen molar-refractivity contribution in [3.8, 4) is 16.4 Å². The van der Waals surface area contributed by atoms with Crippen molar-refractivity contribution >= 4 is 11.3 Å². The molecular weight excluding hydrogens is 336 g/mol. The second-order valence-electron chi connectivity index (χ2n) is 8.32. The molecule has 2 aromatic heterocycles. The summed E-state index contributed by atoms with van der Waals surface area (Å²) < 4.78 is 10.9. The molecule has 2 atom stereocenters. The summed E-state index contributed by atoms with van der Waals surface area (Å²) in [5.74, 6) is 2.95. The zero-order chi connectivity index (χ0) is 17.1. The minimum absolute atomic E-state index is 0.0819. The number of aliphatic hydroxyl groups is 1. The molecule has 4 aliphatic rings. The van der Waals surface area contributed by atoms with Gasteiger partial charge in [0.15, 0.2) is 5.76 Å². The molecule has 4 fully saturated rings. The molecule has 2 N–H and O–H groups in total. The summed E-state index contributed by atoms with van der Waals surface area (Å²) in [5.41, 5.74) is 0.558. The molecular formula is C19H24N2O3S. The Kier molecular flexibility index (Phi) is 3.53. The standard InChI is InChI=1S/C19H24N2O3S/c1-23-15-2-3-25-17(15)16-5-14(21-24-16)10-20-18-6-12-4-13(7-18)9-19(22,8-12)11-18/h2-3,5,12-13,20,22H,4,6-11H2,1H3. The number of ether oxygens (including phenoxy) is 1. The normalized spacial score (nSPS) is 36.1. The Morgan fingerprint density at radius 3 is 2.88 bits per heavy atom. The molecule has 25 heavy (non-hydrogen) atoms. The largest absolute Gasteiger partial charge is 0.495 e. The van der Waals surface area contributed by atoms with Crippen molar-refractivity contribution < 1.29 is 14.4 Å². The number of hydrogen-bond acceptors (Lipinski definition) is 6. The number of hydrogen-bond donors (Lipinski definition) is 2. The number of aromatic nitrogens is 1.